The fourth-order valence-electron chi connectivity index (χ4n) is 1.98. The monoisotopic (exact) mass is 286 g/mol. The summed E-state index contributed by atoms with van der Waals surface area (Å²) >= 11 is 1.71. The molecule has 2 atom stereocenters. The van der Waals surface area contributed by atoms with Crippen LogP contribution in [0, 0.1) is 11.6 Å². The van der Waals surface area contributed by atoms with Crippen molar-refractivity contribution < 1.29 is 13.6 Å². The fourth-order valence-corrected chi connectivity index (χ4v) is 2.91. The van der Waals surface area contributed by atoms with Crippen LogP contribution in [0.5, 0.6) is 0 Å². The number of rotatable bonds is 3. The van der Waals surface area contributed by atoms with Crippen molar-refractivity contribution in [3.63, 3.8) is 0 Å². The first kappa shape index (κ1) is 14.3. The summed E-state index contributed by atoms with van der Waals surface area (Å²) in [6, 6.07) is 2.65. The van der Waals surface area contributed by atoms with Crippen LogP contribution in [0.1, 0.15) is 18.5 Å². The molecule has 104 valence electrons. The molecule has 1 saturated heterocycles. The molecule has 1 aromatic carbocycles. The van der Waals surface area contributed by atoms with Crippen LogP contribution in [-0.2, 0) is 4.79 Å². The van der Waals surface area contributed by atoms with E-state index in [2.05, 4.69) is 10.6 Å². The predicted molar refractivity (Wildman–Crippen MR) is 72.0 cm³/mol. The van der Waals surface area contributed by atoms with Crippen molar-refractivity contribution in [2.24, 2.45) is 0 Å². The lowest BCUT2D eigenvalue weighted by atomic mass is 10.1. The molecule has 0 aromatic heterocycles. The lowest BCUT2D eigenvalue weighted by molar-refractivity contribution is -0.123. The summed E-state index contributed by atoms with van der Waals surface area (Å²) in [5.41, 5.74) is 0.290. The molecule has 0 saturated carbocycles. The van der Waals surface area contributed by atoms with Gasteiger partial charge in [0.15, 0.2) is 0 Å². The summed E-state index contributed by atoms with van der Waals surface area (Å²) < 4.78 is 26.4. The maximum Gasteiger partial charge on any atom is 0.238 e. The third kappa shape index (κ3) is 3.67. The molecular formula is C13H16F2N2OS. The molecule has 1 aliphatic heterocycles. The van der Waals surface area contributed by atoms with E-state index in [1.165, 1.54) is 12.1 Å². The van der Waals surface area contributed by atoms with Gasteiger partial charge in [-0.1, -0.05) is 6.07 Å². The Morgan fingerprint density at radius 2 is 2.32 bits per heavy atom. The van der Waals surface area contributed by atoms with Crippen LogP contribution in [0.25, 0.3) is 0 Å². The lowest BCUT2D eigenvalue weighted by Crippen LogP contribution is -2.49. The van der Waals surface area contributed by atoms with Gasteiger partial charge >= 0.3 is 0 Å². The summed E-state index contributed by atoms with van der Waals surface area (Å²) in [6.45, 7) is 2.48. The van der Waals surface area contributed by atoms with Crippen LogP contribution in [-0.4, -0.2) is 30.0 Å². The second-order valence-electron chi connectivity index (χ2n) is 4.48. The molecule has 2 rings (SSSR count). The van der Waals surface area contributed by atoms with Gasteiger partial charge < -0.3 is 10.6 Å². The van der Waals surface area contributed by atoms with Gasteiger partial charge in [-0.05, 0) is 13.0 Å². The predicted octanol–water partition coefficient (Wildman–Crippen LogP) is 1.85. The maximum atomic E-state index is 13.6. The molecule has 3 nitrogen and oxygen atoms in total. The van der Waals surface area contributed by atoms with Crippen LogP contribution >= 0.6 is 11.8 Å². The Hall–Kier alpha value is -1.14. The molecule has 1 fully saturated rings. The first-order valence-electron chi connectivity index (χ1n) is 6.14. The molecule has 1 amide bonds. The molecule has 0 spiro atoms. The molecular weight excluding hydrogens is 270 g/mol. The quantitative estimate of drug-likeness (QED) is 0.891. The van der Waals surface area contributed by atoms with Crippen molar-refractivity contribution in [3.05, 3.63) is 35.4 Å². The van der Waals surface area contributed by atoms with E-state index in [4.69, 9.17) is 0 Å². The molecule has 1 aliphatic rings. The van der Waals surface area contributed by atoms with Crippen LogP contribution in [0.2, 0.25) is 0 Å². The van der Waals surface area contributed by atoms with Crippen LogP contribution in [0.3, 0.4) is 0 Å². The van der Waals surface area contributed by atoms with E-state index in [0.29, 0.717) is 11.3 Å². The number of hydrogen-bond acceptors (Lipinski definition) is 3. The van der Waals surface area contributed by atoms with E-state index in [0.717, 1.165) is 18.4 Å². The molecule has 1 heterocycles. The van der Waals surface area contributed by atoms with Gasteiger partial charge in [0.1, 0.15) is 11.6 Å². The number of nitrogens with one attached hydrogen (secondary N) is 2. The van der Waals surface area contributed by atoms with E-state index in [9.17, 15) is 13.6 Å². The maximum absolute atomic E-state index is 13.6. The third-order valence-electron chi connectivity index (χ3n) is 3.03. The normalized spacial score (nSPS) is 20.9. The highest BCUT2D eigenvalue weighted by Gasteiger charge is 2.23. The first-order chi connectivity index (χ1) is 9.08. The Balaban J connectivity index is 1.99. The number of halogens is 2. The average molecular weight is 286 g/mol. The zero-order valence-corrected chi connectivity index (χ0v) is 11.4. The van der Waals surface area contributed by atoms with Crippen molar-refractivity contribution in [2.75, 3.05) is 18.1 Å². The second kappa shape index (κ2) is 6.34. The number of thioether (sulfide) groups is 1. The molecule has 0 aliphatic carbocycles. The van der Waals surface area contributed by atoms with Gasteiger partial charge in [0.2, 0.25) is 5.91 Å². The number of benzene rings is 1. The lowest BCUT2D eigenvalue weighted by Gasteiger charge is -2.24. The van der Waals surface area contributed by atoms with E-state index in [1.54, 1.807) is 18.7 Å². The molecule has 1 aromatic rings. The van der Waals surface area contributed by atoms with Crippen molar-refractivity contribution in [2.45, 2.75) is 19.0 Å². The van der Waals surface area contributed by atoms with Crippen LogP contribution in [0.15, 0.2) is 18.2 Å². The summed E-state index contributed by atoms with van der Waals surface area (Å²) in [5.74, 6) is 0.295. The van der Waals surface area contributed by atoms with E-state index >= 15 is 0 Å². The van der Waals surface area contributed by atoms with Gasteiger partial charge in [-0.15, -0.1) is 0 Å². The van der Waals surface area contributed by atoms with E-state index < -0.39 is 17.7 Å². The van der Waals surface area contributed by atoms with Crippen molar-refractivity contribution in [1.82, 2.24) is 10.6 Å². The highest BCUT2D eigenvalue weighted by molar-refractivity contribution is 7.99. The topological polar surface area (TPSA) is 41.1 Å². The molecule has 0 radical (unpaired) electrons. The minimum atomic E-state index is -0.640. The van der Waals surface area contributed by atoms with Crippen LogP contribution < -0.4 is 10.6 Å². The summed E-state index contributed by atoms with van der Waals surface area (Å²) in [7, 11) is 0. The van der Waals surface area contributed by atoms with Crippen molar-refractivity contribution in [1.29, 1.82) is 0 Å². The van der Waals surface area contributed by atoms with Gasteiger partial charge in [-0.25, -0.2) is 8.78 Å². The molecule has 19 heavy (non-hydrogen) atoms. The number of carbonyl (C=O) groups excluding carboxylic acids is 1. The van der Waals surface area contributed by atoms with Gasteiger partial charge in [0.05, 0.1) is 12.1 Å². The number of hydrogen-bond donors (Lipinski definition) is 2. The zero-order valence-electron chi connectivity index (χ0n) is 10.6. The van der Waals surface area contributed by atoms with E-state index in [-0.39, 0.29) is 11.9 Å². The Labute approximate surface area is 115 Å². The zero-order chi connectivity index (χ0) is 13.8. The van der Waals surface area contributed by atoms with Gasteiger partial charge in [-0.2, -0.15) is 11.8 Å². The fraction of sp³-hybridized carbons (Fsp3) is 0.462. The van der Waals surface area contributed by atoms with Gasteiger partial charge in [-0.3, -0.25) is 4.79 Å². The first-order valence-corrected chi connectivity index (χ1v) is 7.30. The van der Waals surface area contributed by atoms with Gasteiger partial charge in [0.25, 0.3) is 0 Å². The average Bonchev–Trinajstić information content (AvgIpc) is 2.39. The standard InChI is InChI=1S/C13H16F2N2OS/c1-8(10-3-2-9(14)6-11(10)15)17-13(18)12-7-19-5-4-16-12/h2-3,6,8,12,16H,4-5,7H2,1H3,(H,17,18). The number of carbonyl (C=O) groups is 1. The summed E-state index contributed by atoms with van der Waals surface area (Å²) in [6.07, 6.45) is 0. The molecule has 2 unspecified atom stereocenters. The van der Waals surface area contributed by atoms with Crippen molar-refractivity contribution in [3.8, 4) is 0 Å². The SMILES string of the molecule is CC(NC(=O)C1CSCCN1)c1ccc(F)cc1F. The summed E-state index contributed by atoms with van der Waals surface area (Å²) in [4.78, 5) is 12.0. The second-order valence-corrected chi connectivity index (χ2v) is 5.63. The Kier molecular flexibility index (Phi) is 4.76. The summed E-state index contributed by atoms with van der Waals surface area (Å²) in [5, 5.41) is 5.86. The van der Waals surface area contributed by atoms with Gasteiger partial charge in [0, 0.05) is 29.7 Å². The third-order valence-corrected chi connectivity index (χ3v) is 4.09. The number of amides is 1. The highest BCUT2D eigenvalue weighted by atomic mass is 32.2. The molecule has 0 bridgehead atoms. The largest absolute Gasteiger partial charge is 0.348 e. The highest BCUT2D eigenvalue weighted by Crippen LogP contribution is 2.18. The Morgan fingerprint density at radius 3 is 2.95 bits per heavy atom. The smallest absolute Gasteiger partial charge is 0.238 e. The van der Waals surface area contributed by atoms with E-state index in [1.807, 2.05) is 0 Å². The minimum Gasteiger partial charge on any atom is -0.348 e. The Bertz CT molecular complexity index is 464. The van der Waals surface area contributed by atoms with Crippen molar-refractivity contribution >= 4 is 17.7 Å². The van der Waals surface area contributed by atoms with Crippen LogP contribution in [0.4, 0.5) is 8.78 Å². The molecule has 2 N–H and O–H groups in total. The molecule has 6 heteroatoms. The minimum absolute atomic E-state index is 0.150. The Morgan fingerprint density at radius 1 is 1.53 bits per heavy atom.